The highest BCUT2D eigenvalue weighted by Crippen LogP contribution is 2.53. The Labute approximate surface area is 523 Å². The Morgan fingerprint density at radius 3 is 1.33 bits per heavy atom. The Bertz CT molecular complexity index is 3600. The average molecular weight is 1240 g/mol. The second kappa shape index (κ2) is 27.1. The molecule has 0 bridgehead atoms. The summed E-state index contributed by atoms with van der Waals surface area (Å²) >= 11 is 0. The Kier molecular flexibility index (Phi) is 19.1. The number of hydrogen-bond donors (Lipinski definition) is 2. The van der Waals surface area contributed by atoms with E-state index in [1.807, 2.05) is 24.3 Å². The Morgan fingerprint density at radius 1 is 0.500 bits per heavy atom. The molecule has 22 heteroatoms. The number of aromatic amines is 2. The van der Waals surface area contributed by atoms with Crippen molar-refractivity contribution >= 4 is 51.8 Å². The van der Waals surface area contributed by atoms with Crippen LogP contribution in [0.2, 0.25) is 0 Å². The van der Waals surface area contributed by atoms with Crippen LogP contribution in [-0.4, -0.2) is 180 Å². The monoisotopic (exact) mass is 1240 g/mol. The third-order valence-corrected chi connectivity index (χ3v) is 19.7. The average Bonchev–Trinajstić information content (AvgIpc) is 1.43. The second-order valence-electron chi connectivity index (χ2n) is 23.8. The van der Waals surface area contributed by atoms with Gasteiger partial charge in [-0.2, -0.15) is 0 Å². The number of carbonyl (C=O) groups is 4. The minimum atomic E-state index is -0.670. The molecule has 12 rings (SSSR count). The van der Waals surface area contributed by atoms with Crippen molar-refractivity contribution in [2.24, 2.45) is 35.5 Å². The van der Waals surface area contributed by atoms with Crippen LogP contribution < -0.4 is 37.9 Å². The maximum atomic E-state index is 13.5. The maximum absolute atomic E-state index is 13.5. The summed E-state index contributed by atoms with van der Waals surface area (Å²) in [7, 11) is 18.3. The summed E-state index contributed by atoms with van der Waals surface area (Å²) in [6.07, 6.45) is 4.93. The van der Waals surface area contributed by atoms with Gasteiger partial charge in [-0.05, 0) is 133 Å². The van der Waals surface area contributed by atoms with Crippen LogP contribution in [0.25, 0.3) is 27.9 Å². The van der Waals surface area contributed by atoms with Gasteiger partial charge in [-0.1, -0.05) is 0 Å². The van der Waals surface area contributed by atoms with Gasteiger partial charge in [0.1, 0.15) is 35.9 Å². The fourth-order valence-corrected chi connectivity index (χ4v) is 15.7. The van der Waals surface area contributed by atoms with Crippen molar-refractivity contribution in [2.75, 3.05) is 111 Å². The predicted octanol–water partition coefficient (Wildman–Crippen LogP) is 8.74. The number of carbonyl (C=O) groups excluding carboxylic acids is 4. The number of rotatable bonds is 17. The molecule has 2 aliphatic carbocycles. The van der Waals surface area contributed by atoms with Crippen molar-refractivity contribution in [3.63, 3.8) is 0 Å². The Morgan fingerprint density at radius 2 is 0.933 bits per heavy atom. The van der Waals surface area contributed by atoms with Crippen LogP contribution in [0.1, 0.15) is 76.2 Å². The smallest absolute Gasteiger partial charge is 0.338 e. The molecule has 4 aromatic carbocycles. The number of nitrogens with one attached hydrogen (secondary N) is 2. The molecule has 22 nitrogen and oxygen atoms in total. The van der Waals surface area contributed by atoms with Crippen molar-refractivity contribution in [3.05, 3.63) is 100 Å². The van der Waals surface area contributed by atoms with Gasteiger partial charge in [0.25, 0.3) is 0 Å². The molecule has 0 spiro atoms. The predicted molar refractivity (Wildman–Crippen MR) is 331 cm³/mol. The van der Waals surface area contributed by atoms with Crippen molar-refractivity contribution in [1.29, 1.82) is 0 Å². The first-order chi connectivity index (χ1) is 43.7. The van der Waals surface area contributed by atoms with Gasteiger partial charge in [-0.15, -0.1) is 0 Å². The molecule has 4 aliphatic heterocycles. The number of esters is 4. The third kappa shape index (κ3) is 11.8. The van der Waals surface area contributed by atoms with Crippen LogP contribution >= 0.6 is 0 Å². The number of fused-ring (bicyclic) bond motifs is 12. The van der Waals surface area contributed by atoms with Crippen molar-refractivity contribution < 1.29 is 85.5 Å². The van der Waals surface area contributed by atoms with Gasteiger partial charge in [0.2, 0.25) is 11.5 Å². The Hall–Kier alpha value is -8.18. The quantitative estimate of drug-likeness (QED) is 0.0493. The van der Waals surface area contributed by atoms with Gasteiger partial charge in [0.05, 0.1) is 101 Å². The van der Waals surface area contributed by atoms with Gasteiger partial charge >= 0.3 is 23.9 Å². The van der Waals surface area contributed by atoms with Crippen molar-refractivity contribution in [2.45, 2.75) is 75.0 Å². The summed E-state index contributed by atoms with van der Waals surface area (Å²) in [6, 6.07) is 19.2. The van der Waals surface area contributed by atoms with E-state index in [9.17, 15) is 19.2 Å². The van der Waals surface area contributed by atoms with Crippen molar-refractivity contribution in [3.8, 4) is 46.0 Å². The summed E-state index contributed by atoms with van der Waals surface area (Å²) in [5.41, 5.74) is 8.09. The molecule has 482 valence electrons. The van der Waals surface area contributed by atoms with E-state index in [1.54, 1.807) is 58.8 Å². The van der Waals surface area contributed by atoms with Crippen LogP contribution in [0.5, 0.6) is 46.0 Å². The normalized spacial score (nSPS) is 25.9. The van der Waals surface area contributed by atoms with Gasteiger partial charge < -0.3 is 76.3 Å². The van der Waals surface area contributed by atoms with Gasteiger partial charge in [-0.3, -0.25) is 19.4 Å². The van der Waals surface area contributed by atoms with Crippen LogP contribution in [-0.2, 0) is 55.6 Å². The minimum Gasteiger partial charge on any atom is -0.497 e. The third-order valence-electron chi connectivity index (χ3n) is 19.7. The maximum Gasteiger partial charge on any atom is 0.338 e. The summed E-state index contributed by atoms with van der Waals surface area (Å²) < 4.78 is 78.1. The first-order valence-corrected chi connectivity index (χ1v) is 30.4. The molecular formula is C68H82N4O18. The van der Waals surface area contributed by atoms with E-state index >= 15 is 0 Å². The minimum absolute atomic E-state index is 0.00438. The van der Waals surface area contributed by atoms with Crippen LogP contribution in [0.4, 0.5) is 0 Å². The highest BCUT2D eigenvalue weighted by Gasteiger charge is 2.56. The molecule has 6 heterocycles. The fraction of sp³-hybridized carbons (Fsp3) is 0.500. The second-order valence-corrected chi connectivity index (χ2v) is 23.8. The summed E-state index contributed by atoms with van der Waals surface area (Å²) in [6.45, 7) is 3.38. The lowest BCUT2D eigenvalue weighted by atomic mass is 9.63. The number of benzene rings is 4. The number of piperidine rings is 2. The highest BCUT2D eigenvalue weighted by atomic mass is 16.6. The van der Waals surface area contributed by atoms with E-state index in [4.69, 9.17) is 66.3 Å². The van der Waals surface area contributed by atoms with Crippen LogP contribution in [0.3, 0.4) is 0 Å². The molecule has 90 heavy (non-hydrogen) atoms. The molecule has 2 aromatic heterocycles. The van der Waals surface area contributed by atoms with E-state index in [0.29, 0.717) is 52.9 Å². The van der Waals surface area contributed by atoms with E-state index in [-0.39, 0.29) is 53.3 Å². The standard InChI is InChI=1S/C35H42N2O9.C33H40N2O9/c1-40-21-8-9-22-23-11-12-37-18-20-15-29(46-30(38)10-7-19-13-27(41-2)33(43-4)28(14-19)42-3)34(44-5)31(35(39)45-6)24(20)17-26(37)32(23)36-25(22)16-21;1-38-19-7-8-20-21-9-10-35-16-18-13-27(44-32(36)17-11-25(39-2)30(41-4)26(12-17)40-3)31(42-5)28(33(37)43-6)22(18)15-24(35)29(21)34-23(20)14-19/h7-10,13-14,16,20,24,26,29,31,34,36H,11-12,15,17-18H2,1-6H3;7-8,11-12,14,18,22,24,27-28,31,34H,9-10,13,15-16H2,1-6H3/b10-7+;/t20-,24+,26-,29-,31+,34+;18-,22+,24-,27-,28+,31+/m11/s1. The highest BCUT2D eigenvalue weighted by molar-refractivity contribution is 5.92. The first-order valence-electron chi connectivity index (χ1n) is 30.4. The van der Waals surface area contributed by atoms with Gasteiger partial charge in [-0.25, -0.2) is 9.59 Å². The molecule has 2 saturated carbocycles. The van der Waals surface area contributed by atoms with Crippen LogP contribution in [0.15, 0.2) is 66.7 Å². The molecule has 4 fully saturated rings. The van der Waals surface area contributed by atoms with E-state index < -0.39 is 48.2 Å². The zero-order valence-corrected chi connectivity index (χ0v) is 53.2. The lowest BCUT2D eigenvalue weighted by Crippen LogP contribution is -2.58. The van der Waals surface area contributed by atoms with Gasteiger partial charge in [0, 0.05) is 91.8 Å². The molecule has 2 N–H and O–H groups in total. The largest absolute Gasteiger partial charge is 0.497 e. The molecule has 12 atom stereocenters. The van der Waals surface area contributed by atoms with E-state index in [0.717, 1.165) is 74.4 Å². The molecule has 6 aliphatic rings. The number of aromatic nitrogens is 2. The molecule has 0 unspecified atom stereocenters. The zero-order chi connectivity index (χ0) is 63.7. The molecule has 0 radical (unpaired) electrons. The number of nitrogens with zero attached hydrogens (tertiary/aromatic N) is 2. The molecular weight excluding hydrogens is 1160 g/mol. The zero-order valence-electron chi connectivity index (χ0n) is 53.2. The van der Waals surface area contributed by atoms with Crippen LogP contribution in [0, 0.1) is 35.5 Å². The van der Waals surface area contributed by atoms with E-state index in [1.165, 1.54) is 96.2 Å². The fourth-order valence-electron chi connectivity index (χ4n) is 15.7. The summed E-state index contributed by atoms with van der Waals surface area (Å²) in [5.74, 6) is 1.31. The number of ether oxygens (including phenoxy) is 14. The summed E-state index contributed by atoms with van der Waals surface area (Å²) in [5, 5.41) is 2.43. The molecule has 2 saturated heterocycles. The lowest BCUT2D eigenvalue weighted by Gasteiger charge is -2.52. The molecule has 0 amide bonds. The Balaban J connectivity index is 0.000000185. The topological polar surface area (TPSA) is 236 Å². The lowest BCUT2D eigenvalue weighted by molar-refractivity contribution is -0.187. The van der Waals surface area contributed by atoms with Gasteiger partial charge in [0.15, 0.2) is 23.0 Å². The number of H-pyrrole nitrogens is 2. The first kappa shape index (κ1) is 63.4. The number of methoxy groups -OCH3 is 12. The van der Waals surface area contributed by atoms with E-state index in [2.05, 4.69) is 31.9 Å². The van der Waals surface area contributed by atoms with Crippen molar-refractivity contribution in [1.82, 2.24) is 19.8 Å². The number of hydrogen-bond acceptors (Lipinski definition) is 20. The summed E-state index contributed by atoms with van der Waals surface area (Å²) in [4.78, 5) is 65.9. The molecule has 6 aromatic rings. The SMILES string of the molecule is COC(=O)[C@H]1[C@H]2C[C@@H]3c4[nH]c5cc(OC)ccc5c4CCN3C[C@H]2C[C@@H](OC(=O)/C=C/c2cc(OC)c(OC)c(OC)c2)[C@@H]1OC.COC(=O)[C@H]1[C@H]2C[C@@H]3c4[nH]c5cc(OC)ccc5c4CCN3C[C@H]2C[C@@H](OC(=O)c2cc(OC)c(OC)c(OC)c2)[C@@H]1OC.